The van der Waals surface area contributed by atoms with Gasteiger partial charge in [0.25, 0.3) is 0 Å². The Hall–Kier alpha value is -1.56. The molecule has 0 unspecified atom stereocenters. The minimum atomic E-state index is -0.982. The first-order chi connectivity index (χ1) is 7.99. The molecule has 2 N–H and O–H groups in total. The number of aryl methyl sites for hydroxylation is 1. The lowest BCUT2D eigenvalue weighted by atomic mass is 10.2. The highest BCUT2D eigenvalue weighted by atomic mass is 32.2. The van der Waals surface area contributed by atoms with Crippen molar-refractivity contribution in [1.82, 2.24) is 0 Å². The number of rotatable bonds is 5. The molecule has 1 aromatic rings. The van der Waals surface area contributed by atoms with Crippen molar-refractivity contribution in [2.75, 3.05) is 16.8 Å². The molecule has 0 spiro atoms. The van der Waals surface area contributed by atoms with Gasteiger partial charge in [0.05, 0.1) is 17.2 Å². The Labute approximate surface area is 102 Å². The molecule has 0 aliphatic rings. The standard InChI is InChI=1S/C11H12FNO3S/c1-7-2-3-8(12)9(4-7)13-10(14)5-17-6-11(15)16/h2-4H,5-6H2,1H3,(H,13,14)(H,15,16). The lowest BCUT2D eigenvalue weighted by Gasteiger charge is -2.06. The first kappa shape index (κ1) is 13.5. The van der Waals surface area contributed by atoms with Gasteiger partial charge in [-0.05, 0) is 24.6 Å². The van der Waals surface area contributed by atoms with Crippen LogP contribution in [0.15, 0.2) is 18.2 Å². The van der Waals surface area contributed by atoms with E-state index >= 15 is 0 Å². The fourth-order valence-electron chi connectivity index (χ4n) is 1.15. The van der Waals surface area contributed by atoms with Crippen LogP contribution < -0.4 is 5.32 Å². The van der Waals surface area contributed by atoms with Crippen LogP contribution in [0.4, 0.5) is 10.1 Å². The van der Waals surface area contributed by atoms with Crippen LogP contribution in [-0.2, 0) is 9.59 Å². The van der Waals surface area contributed by atoms with Gasteiger partial charge in [0.2, 0.25) is 5.91 Å². The number of benzene rings is 1. The molecular weight excluding hydrogens is 245 g/mol. The summed E-state index contributed by atoms with van der Waals surface area (Å²) in [5.41, 5.74) is 0.950. The Morgan fingerprint density at radius 1 is 1.41 bits per heavy atom. The van der Waals surface area contributed by atoms with E-state index in [0.717, 1.165) is 17.3 Å². The predicted molar refractivity (Wildman–Crippen MR) is 64.7 cm³/mol. The van der Waals surface area contributed by atoms with Crippen LogP contribution in [0.5, 0.6) is 0 Å². The molecule has 4 nitrogen and oxygen atoms in total. The molecule has 0 aromatic heterocycles. The van der Waals surface area contributed by atoms with Crippen molar-refractivity contribution in [2.24, 2.45) is 0 Å². The van der Waals surface area contributed by atoms with Crippen LogP contribution in [0, 0.1) is 12.7 Å². The summed E-state index contributed by atoms with van der Waals surface area (Å²) in [5, 5.41) is 10.8. The van der Waals surface area contributed by atoms with Crippen molar-refractivity contribution in [1.29, 1.82) is 0 Å². The summed E-state index contributed by atoms with van der Waals surface area (Å²) in [6.07, 6.45) is 0. The van der Waals surface area contributed by atoms with E-state index in [1.165, 1.54) is 12.1 Å². The third kappa shape index (κ3) is 4.86. The average molecular weight is 257 g/mol. The zero-order chi connectivity index (χ0) is 12.8. The van der Waals surface area contributed by atoms with Gasteiger partial charge in [0.1, 0.15) is 5.82 Å². The maximum atomic E-state index is 13.3. The van der Waals surface area contributed by atoms with Crippen LogP contribution in [0.3, 0.4) is 0 Å². The number of hydrogen-bond donors (Lipinski definition) is 2. The van der Waals surface area contributed by atoms with Gasteiger partial charge in [-0.2, -0.15) is 0 Å². The summed E-state index contributed by atoms with van der Waals surface area (Å²) in [7, 11) is 0. The van der Waals surface area contributed by atoms with Gasteiger partial charge >= 0.3 is 5.97 Å². The second-order valence-corrected chi connectivity index (χ2v) is 4.40. The molecule has 0 aliphatic carbocycles. The first-order valence-corrected chi connectivity index (χ1v) is 6.00. The minimum absolute atomic E-state index is 0.0142. The summed E-state index contributed by atoms with van der Waals surface area (Å²) in [6, 6.07) is 4.40. The number of thioether (sulfide) groups is 1. The van der Waals surface area contributed by atoms with Gasteiger partial charge in [-0.25, -0.2) is 4.39 Å². The van der Waals surface area contributed by atoms with E-state index < -0.39 is 17.7 Å². The quantitative estimate of drug-likeness (QED) is 0.845. The molecule has 1 amide bonds. The normalized spacial score (nSPS) is 10.0. The molecule has 0 bridgehead atoms. The Morgan fingerprint density at radius 2 is 2.12 bits per heavy atom. The van der Waals surface area contributed by atoms with Crippen molar-refractivity contribution in [3.63, 3.8) is 0 Å². The number of amides is 1. The number of carbonyl (C=O) groups excluding carboxylic acids is 1. The molecule has 1 rings (SSSR count). The van der Waals surface area contributed by atoms with E-state index in [0.29, 0.717) is 0 Å². The van der Waals surface area contributed by atoms with Gasteiger partial charge in [-0.1, -0.05) is 6.07 Å². The Morgan fingerprint density at radius 3 is 2.76 bits per heavy atom. The third-order valence-corrected chi connectivity index (χ3v) is 2.77. The van der Waals surface area contributed by atoms with Crippen molar-refractivity contribution >= 4 is 29.3 Å². The van der Waals surface area contributed by atoms with Crippen LogP contribution in [0.2, 0.25) is 0 Å². The number of carboxylic acids is 1. The molecule has 0 radical (unpaired) electrons. The Kier molecular flexibility index (Phi) is 4.96. The number of halogens is 1. The predicted octanol–water partition coefficient (Wildman–Crippen LogP) is 1.89. The van der Waals surface area contributed by atoms with Crippen molar-refractivity contribution in [3.05, 3.63) is 29.6 Å². The second-order valence-electron chi connectivity index (χ2n) is 3.42. The van der Waals surface area contributed by atoms with Crippen LogP contribution in [0.1, 0.15) is 5.56 Å². The highest BCUT2D eigenvalue weighted by Crippen LogP contribution is 2.15. The number of nitrogens with one attached hydrogen (secondary N) is 1. The highest BCUT2D eigenvalue weighted by Gasteiger charge is 2.08. The SMILES string of the molecule is Cc1ccc(F)c(NC(=O)CSCC(=O)O)c1. The van der Waals surface area contributed by atoms with Crippen LogP contribution >= 0.6 is 11.8 Å². The van der Waals surface area contributed by atoms with Crippen molar-refractivity contribution in [2.45, 2.75) is 6.92 Å². The third-order valence-electron chi connectivity index (χ3n) is 1.85. The fraction of sp³-hybridized carbons (Fsp3) is 0.273. The van der Waals surface area contributed by atoms with Crippen LogP contribution in [-0.4, -0.2) is 28.5 Å². The molecule has 0 saturated carbocycles. The molecule has 6 heteroatoms. The molecule has 1 aromatic carbocycles. The number of carboxylic acid groups (broad SMARTS) is 1. The summed E-state index contributed by atoms with van der Waals surface area (Å²) in [5.74, 6) is -2.07. The lowest BCUT2D eigenvalue weighted by molar-refractivity contribution is -0.133. The molecule has 0 atom stereocenters. The monoisotopic (exact) mass is 257 g/mol. The van der Waals surface area contributed by atoms with Gasteiger partial charge in [0.15, 0.2) is 0 Å². The maximum Gasteiger partial charge on any atom is 0.313 e. The Balaban J connectivity index is 2.50. The Bertz CT molecular complexity index is 437. The summed E-state index contributed by atoms with van der Waals surface area (Å²) in [6.45, 7) is 1.79. The molecule has 0 fully saturated rings. The smallest absolute Gasteiger partial charge is 0.313 e. The zero-order valence-electron chi connectivity index (χ0n) is 9.20. The van der Waals surface area contributed by atoms with Gasteiger partial charge in [-0.15, -0.1) is 11.8 Å². The lowest BCUT2D eigenvalue weighted by Crippen LogP contribution is -2.16. The highest BCUT2D eigenvalue weighted by molar-refractivity contribution is 8.00. The van der Waals surface area contributed by atoms with Crippen molar-refractivity contribution in [3.8, 4) is 0 Å². The maximum absolute atomic E-state index is 13.3. The van der Waals surface area contributed by atoms with E-state index in [2.05, 4.69) is 5.32 Å². The van der Waals surface area contributed by atoms with Gasteiger partial charge in [-0.3, -0.25) is 9.59 Å². The molecule has 17 heavy (non-hydrogen) atoms. The van der Waals surface area contributed by atoms with Crippen molar-refractivity contribution < 1.29 is 19.1 Å². The molecule has 0 aliphatic heterocycles. The molecule has 0 heterocycles. The van der Waals surface area contributed by atoms with E-state index in [4.69, 9.17) is 5.11 Å². The fourth-order valence-corrected chi connectivity index (χ4v) is 1.69. The zero-order valence-corrected chi connectivity index (χ0v) is 10.0. The largest absolute Gasteiger partial charge is 0.481 e. The molecule has 92 valence electrons. The second kappa shape index (κ2) is 6.24. The topological polar surface area (TPSA) is 66.4 Å². The summed E-state index contributed by atoms with van der Waals surface area (Å²) >= 11 is 0.965. The summed E-state index contributed by atoms with van der Waals surface area (Å²) in [4.78, 5) is 21.6. The van der Waals surface area contributed by atoms with Gasteiger partial charge < -0.3 is 10.4 Å². The minimum Gasteiger partial charge on any atom is -0.481 e. The molecule has 0 saturated heterocycles. The van der Waals surface area contributed by atoms with E-state index in [1.54, 1.807) is 13.0 Å². The average Bonchev–Trinajstić information content (AvgIpc) is 2.23. The number of hydrogen-bond acceptors (Lipinski definition) is 3. The van der Waals surface area contributed by atoms with E-state index in [-0.39, 0.29) is 17.2 Å². The van der Waals surface area contributed by atoms with Gasteiger partial charge in [0, 0.05) is 0 Å². The number of aliphatic carboxylic acids is 1. The number of anilines is 1. The van der Waals surface area contributed by atoms with Crippen LogP contribution in [0.25, 0.3) is 0 Å². The molecular formula is C11H12FNO3S. The summed E-state index contributed by atoms with van der Waals surface area (Å²) < 4.78 is 13.3. The van der Waals surface area contributed by atoms with E-state index in [9.17, 15) is 14.0 Å². The first-order valence-electron chi connectivity index (χ1n) is 4.84. The number of carbonyl (C=O) groups is 2. The van der Waals surface area contributed by atoms with E-state index in [1.807, 2.05) is 0 Å².